The molecule has 0 saturated heterocycles. The van der Waals surface area contributed by atoms with Crippen LogP contribution >= 0.6 is 11.6 Å². The summed E-state index contributed by atoms with van der Waals surface area (Å²) in [5.41, 5.74) is 0.0224. The predicted octanol–water partition coefficient (Wildman–Crippen LogP) is 3.97. The summed E-state index contributed by atoms with van der Waals surface area (Å²) in [6.07, 6.45) is 3.59. The van der Waals surface area contributed by atoms with E-state index in [9.17, 15) is 9.59 Å². The summed E-state index contributed by atoms with van der Waals surface area (Å²) in [5, 5.41) is 0.0941. The summed E-state index contributed by atoms with van der Waals surface area (Å²) >= 11 is 6.29. The summed E-state index contributed by atoms with van der Waals surface area (Å²) in [7, 11) is 0. The normalized spacial score (nSPS) is 11.5. The Labute approximate surface area is 175 Å². The van der Waals surface area contributed by atoms with Gasteiger partial charge in [0.15, 0.2) is 10.8 Å². The van der Waals surface area contributed by atoms with Crippen molar-refractivity contribution >= 4 is 40.8 Å². The first kappa shape index (κ1) is 22.9. The Morgan fingerprint density at radius 2 is 1.93 bits per heavy atom. The number of hydrogen-bond acceptors (Lipinski definition) is 7. The Morgan fingerprint density at radius 1 is 1.21 bits per heavy atom. The molecule has 0 saturated carbocycles. The number of rotatable bonds is 8. The highest BCUT2D eigenvalue weighted by atomic mass is 35.5. The fourth-order valence-electron chi connectivity index (χ4n) is 2.59. The number of nitrogens with zero attached hydrogens (tertiary/aromatic N) is 5. The van der Waals surface area contributed by atoms with Crippen LogP contribution in [-0.2, 0) is 20.8 Å². The zero-order chi connectivity index (χ0) is 21.6. The van der Waals surface area contributed by atoms with Crippen molar-refractivity contribution in [2.75, 3.05) is 18.1 Å². The van der Waals surface area contributed by atoms with Crippen LogP contribution in [0.15, 0.2) is 6.33 Å². The van der Waals surface area contributed by atoms with Gasteiger partial charge in [-0.2, -0.15) is 9.97 Å². The van der Waals surface area contributed by atoms with Gasteiger partial charge in [-0.1, -0.05) is 31.4 Å². The average molecular weight is 426 g/mol. The van der Waals surface area contributed by atoms with Crippen molar-refractivity contribution in [1.29, 1.82) is 0 Å². The second-order valence-electron chi connectivity index (χ2n) is 7.50. The molecule has 2 aromatic rings. The van der Waals surface area contributed by atoms with E-state index in [2.05, 4.69) is 21.9 Å². The molecule has 0 aliphatic heterocycles. The van der Waals surface area contributed by atoms with Crippen molar-refractivity contribution in [3.05, 3.63) is 11.5 Å². The van der Waals surface area contributed by atoms with Crippen LogP contribution in [0.3, 0.4) is 0 Å². The van der Waals surface area contributed by atoms with Gasteiger partial charge >= 0.3 is 12.1 Å². The first-order valence-corrected chi connectivity index (χ1v) is 10.1. The number of halogens is 1. The fourth-order valence-corrected chi connectivity index (χ4v) is 2.80. The van der Waals surface area contributed by atoms with Gasteiger partial charge in [0.2, 0.25) is 5.95 Å². The third-order valence-corrected chi connectivity index (χ3v) is 4.12. The van der Waals surface area contributed by atoms with E-state index in [0.29, 0.717) is 17.7 Å². The van der Waals surface area contributed by atoms with Gasteiger partial charge in [-0.3, -0.25) is 4.79 Å². The van der Waals surface area contributed by atoms with Crippen molar-refractivity contribution in [2.24, 2.45) is 0 Å². The third-order valence-electron chi connectivity index (χ3n) is 3.85. The number of hydrogen-bond donors (Lipinski definition) is 0. The van der Waals surface area contributed by atoms with Crippen LogP contribution < -0.4 is 4.90 Å². The smallest absolute Gasteiger partial charge is 0.417 e. The Morgan fingerprint density at radius 3 is 2.55 bits per heavy atom. The predicted molar refractivity (Wildman–Crippen MR) is 110 cm³/mol. The number of unbranched alkanes of at least 4 members (excludes halogenated alkanes) is 2. The zero-order valence-corrected chi connectivity index (χ0v) is 18.3. The summed E-state index contributed by atoms with van der Waals surface area (Å²) < 4.78 is 12.0. The number of carbonyl (C=O) groups excluding carboxylic acids is 2. The molecule has 2 aromatic heterocycles. The number of fused-ring (bicyclic) bond motifs is 1. The molecule has 29 heavy (non-hydrogen) atoms. The first-order chi connectivity index (χ1) is 13.7. The lowest BCUT2D eigenvalue weighted by molar-refractivity contribution is -0.143. The molecule has 0 radical (unpaired) electrons. The van der Waals surface area contributed by atoms with Crippen LogP contribution in [0.25, 0.3) is 11.2 Å². The van der Waals surface area contributed by atoms with E-state index in [4.69, 9.17) is 21.1 Å². The van der Waals surface area contributed by atoms with Crippen LogP contribution in [0, 0.1) is 0 Å². The number of imidazole rings is 1. The SMILES string of the molecule is CCCCCN(C(=O)OC(C)(C)C)c1nc(Cl)c2ncn(CC(=O)OCC)c2n1. The molecule has 0 aromatic carbocycles. The van der Waals surface area contributed by atoms with E-state index < -0.39 is 17.7 Å². The van der Waals surface area contributed by atoms with E-state index in [1.807, 2.05) is 0 Å². The number of aromatic nitrogens is 4. The number of ether oxygens (including phenoxy) is 2. The van der Waals surface area contributed by atoms with Crippen LogP contribution in [0.1, 0.15) is 53.9 Å². The molecule has 10 heteroatoms. The van der Waals surface area contributed by atoms with E-state index >= 15 is 0 Å². The quantitative estimate of drug-likeness (QED) is 0.358. The number of anilines is 1. The lowest BCUT2D eigenvalue weighted by atomic mass is 10.2. The van der Waals surface area contributed by atoms with E-state index in [1.165, 1.54) is 15.8 Å². The number of carbonyl (C=O) groups is 2. The van der Waals surface area contributed by atoms with Gasteiger partial charge in [-0.25, -0.2) is 14.7 Å². The molecule has 160 valence electrons. The molecule has 0 N–H and O–H groups in total. The minimum absolute atomic E-state index is 0.0700. The maximum absolute atomic E-state index is 12.8. The van der Waals surface area contributed by atoms with Crippen molar-refractivity contribution < 1.29 is 19.1 Å². The lowest BCUT2D eigenvalue weighted by Crippen LogP contribution is -2.38. The molecular formula is C19H28ClN5O4. The molecule has 1 amide bonds. The molecule has 0 aliphatic carbocycles. The van der Waals surface area contributed by atoms with E-state index in [1.54, 1.807) is 27.7 Å². The summed E-state index contributed by atoms with van der Waals surface area (Å²) in [6.45, 7) is 9.77. The molecule has 0 spiro atoms. The minimum Gasteiger partial charge on any atom is -0.465 e. The maximum Gasteiger partial charge on any atom is 0.417 e. The average Bonchev–Trinajstić information content (AvgIpc) is 3.00. The Bertz CT molecular complexity index is 862. The Hall–Kier alpha value is -2.42. The van der Waals surface area contributed by atoms with Gasteiger partial charge in [0.05, 0.1) is 12.9 Å². The zero-order valence-electron chi connectivity index (χ0n) is 17.6. The van der Waals surface area contributed by atoms with E-state index in [-0.39, 0.29) is 24.3 Å². The second kappa shape index (κ2) is 9.87. The molecular weight excluding hydrogens is 398 g/mol. The Kier molecular flexibility index (Phi) is 7.78. The van der Waals surface area contributed by atoms with Crippen molar-refractivity contribution in [1.82, 2.24) is 19.5 Å². The number of esters is 1. The molecule has 0 fully saturated rings. The van der Waals surface area contributed by atoms with Crippen LogP contribution in [0.4, 0.5) is 10.7 Å². The standard InChI is InChI=1S/C19H28ClN5O4/c1-6-8-9-10-25(18(27)29-19(3,4)5)17-22-15(20)14-16(23-17)24(12-21-14)11-13(26)28-7-2/h12H,6-11H2,1-5H3. The largest absolute Gasteiger partial charge is 0.465 e. The van der Waals surface area contributed by atoms with Gasteiger partial charge in [0, 0.05) is 6.54 Å². The molecule has 2 rings (SSSR count). The second-order valence-corrected chi connectivity index (χ2v) is 7.86. The van der Waals surface area contributed by atoms with Crippen molar-refractivity contribution in [3.8, 4) is 0 Å². The first-order valence-electron chi connectivity index (χ1n) is 9.70. The van der Waals surface area contributed by atoms with Crippen molar-refractivity contribution in [3.63, 3.8) is 0 Å². The Balaban J connectivity index is 2.42. The number of amides is 1. The minimum atomic E-state index is -0.667. The highest BCUT2D eigenvalue weighted by Gasteiger charge is 2.26. The molecule has 0 aliphatic rings. The molecule has 0 bridgehead atoms. The van der Waals surface area contributed by atoms with Crippen LogP contribution in [0.2, 0.25) is 5.15 Å². The van der Waals surface area contributed by atoms with E-state index in [0.717, 1.165) is 19.3 Å². The third kappa shape index (κ3) is 6.28. The maximum atomic E-state index is 12.8. The van der Waals surface area contributed by atoms with Gasteiger partial charge in [0.25, 0.3) is 0 Å². The summed E-state index contributed by atoms with van der Waals surface area (Å²) in [6, 6.07) is 0. The lowest BCUT2D eigenvalue weighted by Gasteiger charge is -2.26. The molecule has 0 unspecified atom stereocenters. The molecule has 9 nitrogen and oxygen atoms in total. The topological polar surface area (TPSA) is 99.4 Å². The highest BCUT2D eigenvalue weighted by molar-refractivity contribution is 6.33. The monoisotopic (exact) mass is 425 g/mol. The van der Waals surface area contributed by atoms with Crippen molar-refractivity contribution in [2.45, 2.75) is 66.0 Å². The van der Waals surface area contributed by atoms with Gasteiger partial charge in [-0.05, 0) is 34.1 Å². The fraction of sp³-hybridized carbons (Fsp3) is 0.632. The highest BCUT2D eigenvalue weighted by Crippen LogP contribution is 2.24. The summed E-state index contributed by atoms with van der Waals surface area (Å²) in [4.78, 5) is 38.9. The molecule has 2 heterocycles. The van der Waals surface area contributed by atoms with Gasteiger partial charge in [0.1, 0.15) is 17.7 Å². The summed E-state index contributed by atoms with van der Waals surface area (Å²) in [5.74, 6) is -0.312. The molecule has 0 atom stereocenters. The van der Waals surface area contributed by atoms with Gasteiger partial charge in [-0.15, -0.1) is 0 Å². The van der Waals surface area contributed by atoms with Crippen LogP contribution in [0.5, 0.6) is 0 Å². The van der Waals surface area contributed by atoms with Crippen LogP contribution in [-0.4, -0.2) is 50.3 Å². The van der Waals surface area contributed by atoms with Gasteiger partial charge < -0.3 is 14.0 Å².